The molecule has 0 aliphatic carbocycles. The second-order valence-electron chi connectivity index (χ2n) is 3.80. The van der Waals surface area contributed by atoms with E-state index in [-0.39, 0.29) is 5.91 Å². The maximum atomic E-state index is 10.9. The Morgan fingerprint density at radius 2 is 1.94 bits per heavy atom. The number of thiophene rings is 1. The molecule has 0 radical (unpaired) electrons. The lowest BCUT2D eigenvalue weighted by atomic mass is 10.1. The molecule has 1 amide bonds. The molecule has 0 unspecified atom stereocenters. The lowest BCUT2D eigenvalue weighted by molar-refractivity contribution is -0.114. The van der Waals surface area contributed by atoms with Crippen LogP contribution in [0.1, 0.15) is 11.8 Å². The number of nitrogens with one attached hydrogen (secondary N) is 1. The number of rotatable bonds is 2. The second kappa shape index (κ2) is 4.90. The van der Waals surface area contributed by atoms with Crippen molar-refractivity contribution in [1.29, 1.82) is 0 Å². The zero-order chi connectivity index (χ0) is 12.4. The van der Waals surface area contributed by atoms with Crippen molar-refractivity contribution in [3.8, 4) is 11.1 Å². The maximum absolute atomic E-state index is 10.9. The largest absolute Gasteiger partial charge is 0.326 e. The van der Waals surface area contributed by atoms with Gasteiger partial charge in [-0.2, -0.15) is 0 Å². The fourth-order valence-corrected chi connectivity index (χ4v) is 2.89. The molecule has 2 aromatic rings. The summed E-state index contributed by atoms with van der Waals surface area (Å²) in [6, 6.07) is 9.73. The van der Waals surface area contributed by atoms with Crippen molar-refractivity contribution in [3.05, 3.63) is 39.5 Å². The van der Waals surface area contributed by atoms with Gasteiger partial charge in [0.1, 0.15) is 4.34 Å². The third-order valence-corrected chi connectivity index (χ3v) is 3.60. The fraction of sp³-hybridized carbons (Fsp3) is 0.154. The Labute approximate surface area is 109 Å². The molecule has 1 heterocycles. The number of anilines is 1. The molecule has 0 fully saturated rings. The Balaban J connectivity index is 2.29. The van der Waals surface area contributed by atoms with Crippen molar-refractivity contribution in [3.63, 3.8) is 0 Å². The number of hydrogen-bond donors (Lipinski definition) is 1. The third kappa shape index (κ3) is 2.87. The topological polar surface area (TPSA) is 29.1 Å². The Morgan fingerprint density at radius 3 is 2.41 bits per heavy atom. The van der Waals surface area contributed by atoms with E-state index in [1.807, 2.05) is 31.2 Å². The predicted molar refractivity (Wildman–Crippen MR) is 73.8 cm³/mol. The molecule has 17 heavy (non-hydrogen) atoms. The number of halogens is 1. The summed E-state index contributed by atoms with van der Waals surface area (Å²) in [5.41, 5.74) is 2.90. The first-order chi connectivity index (χ1) is 8.06. The minimum Gasteiger partial charge on any atom is -0.326 e. The number of amides is 1. The number of carbonyl (C=O) groups excluding carboxylic acids is 1. The van der Waals surface area contributed by atoms with Gasteiger partial charge in [-0.1, -0.05) is 23.7 Å². The van der Waals surface area contributed by atoms with E-state index < -0.39 is 0 Å². The molecule has 0 aliphatic heterocycles. The van der Waals surface area contributed by atoms with Gasteiger partial charge in [-0.25, -0.2) is 0 Å². The van der Waals surface area contributed by atoms with Crippen LogP contribution in [0.5, 0.6) is 0 Å². The summed E-state index contributed by atoms with van der Waals surface area (Å²) in [6.07, 6.45) is 0. The molecule has 0 aliphatic rings. The first kappa shape index (κ1) is 12.1. The average Bonchev–Trinajstić information content (AvgIpc) is 2.58. The smallest absolute Gasteiger partial charge is 0.221 e. The lowest BCUT2D eigenvalue weighted by Crippen LogP contribution is -2.05. The normalized spacial score (nSPS) is 10.3. The summed E-state index contributed by atoms with van der Waals surface area (Å²) < 4.78 is 0.801. The van der Waals surface area contributed by atoms with E-state index in [4.69, 9.17) is 11.6 Å². The number of hydrogen-bond acceptors (Lipinski definition) is 2. The molecule has 0 spiro atoms. The number of benzene rings is 1. The van der Waals surface area contributed by atoms with Gasteiger partial charge >= 0.3 is 0 Å². The van der Waals surface area contributed by atoms with E-state index in [9.17, 15) is 4.79 Å². The van der Waals surface area contributed by atoms with E-state index in [0.29, 0.717) is 0 Å². The van der Waals surface area contributed by atoms with Crippen LogP contribution in [0.25, 0.3) is 11.1 Å². The minimum absolute atomic E-state index is 0.0674. The van der Waals surface area contributed by atoms with Crippen LogP contribution in [0.15, 0.2) is 30.3 Å². The Bertz CT molecular complexity index is 545. The number of carbonyl (C=O) groups is 1. The quantitative estimate of drug-likeness (QED) is 0.860. The molecule has 0 saturated heterocycles. The zero-order valence-corrected chi connectivity index (χ0v) is 11.2. The van der Waals surface area contributed by atoms with Crippen LogP contribution in [0, 0.1) is 6.92 Å². The van der Waals surface area contributed by atoms with Crippen LogP contribution in [-0.2, 0) is 4.79 Å². The number of aryl methyl sites for hydroxylation is 1. The van der Waals surface area contributed by atoms with Gasteiger partial charge < -0.3 is 5.32 Å². The van der Waals surface area contributed by atoms with Crippen LogP contribution in [0.4, 0.5) is 5.69 Å². The molecule has 1 aromatic carbocycles. The highest BCUT2D eigenvalue weighted by atomic mass is 35.5. The Morgan fingerprint density at radius 1 is 1.29 bits per heavy atom. The Kier molecular flexibility index (Phi) is 3.50. The molecule has 1 aromatic heterocycles. The standard InChI is InChI=1S/C13H12ClNOS/c1-8-7-12(13(14)17-8)10-3-5-11(6-4-10)15-9(2)16/h3-7H,1-2H3,(H,15,16). The van der Waals surface area contributed by atoms with E-state index in [0.717, 1.165) is 21.2 Å². The van der Waals surface area contributed by atoms with Gasteiger partial charge in [0.25, 0.3) is 0 Å². The molecule has 2 nitrogen and oxygen atoms in total. The van der Waals surface area contributed by atoms with Crippen molar-refractivity contribution in [2.75, 3.05) is 5.32 Å². The highest BCUT2D eigenvalue weighted by Crippen LogP contribution is 2.35. The lowest BCUT2D eigenvalue weighted by Gasteiger charge is -2.03. The summed E-state index contributed by atoms with van der Waals surface area (Å²) in [6.45, 7) is 3.53. The van der Waals surface area contributed by atoms with Gasteiger partial charge in [0.05, 0.1) is 0 Å². The van der Waals surface area contributed by atoms with E-state index >= 15 is 0 Å². The summed E-state index contributed by atoms with van der Waals surface area (Å²) >= 11 is 7.73. The van der Waals surface area contributed by atoms with Gasteiger partial charge in [-0.15, -0.1) is 11.3 Å². The van der Waals surface area contributed by atoms with Gasteiger partial charge in [-0.3, -0.25) is 4.79 Å². The van der Waals surface area contributed by atoms with E-state index in [1.165, 1.54) is 11.8 Å². The molecule has 1 N–H and O–H groups in total. The van der Waals surface area contributed by atoms with Crippen LogP contribution in [-0.4, -0.2) is 5.91 Å². The monoisotopic (exact) mass is 265 g/mol. The van der Waals surface area contributed by atoms with Gasteiger partial charge in [-0.05, 0) is 30.7 Å². The van der Waals surface area contributed by atoms with Gasteiger partial charge in [0.15, 0.2) is 0 Å². The SMILES string of the molecule is CC(=O)Nc1ccc(-c2cc(C)sc2Cl)cc1. The van der Waals surface area contributed by atoms with Gasteiger partial charge in [0, 0.05) is 23.1 Å². The molecule has 0 atom stereocenters. The molecule has 0 saturated carbocycles. The third-order valence-electron chi connectivity index (χ3n) is 2.33. The summed E-state index contributed by atoms with van der Waals surface area (Å²) in [5, 5.41) is 2.73. The molecule has 88 valence electrons. The maximum Gasteiger partial charge on any atom is 0.221 e. The van der Waals surface area contributed by atoms with Crippen molar-refractivity contribution >= 4 is 34.5 Å². The molecule has 2 rings (SSSR count). The minimum atomic E-state index is -0.0674. The van der Waals surface area contributed by atoms with Crippen LogP contribution < -0.4 is 5.32 Å². The van der Waals surface area contributed by atoms with Crippen LogP contribution >= 0.6 is 22.9 Å². The molecule has 0 bridgehead atoms. The van der Waals surface area contributed by atoms with Crippen LogP contribution in [0.3, 0.4) is 0 Å². The van der Waals surface area contributed by atoms with Crippen molar-refractivity contribution in [2.24, 2.45) is 0 Å². The van der Waals surface area contributed by atoms with E-state index in [1.54, 1.807) is 11.3 Å². The molecular formula is C13H12ClNOS. The fourth-order valence-electron chi connectivity index (χ4n) is 1.62. The molecular weight excluding hydrogens is 254 g/mol. The van der Waals surface area contributed by atoms with Crippen molar-refractivity contribution < 1.29 is 4.79 Å². The summed E-state index contributed by atoms with van der Waals surface area (Å²) in [7, 11) is 0. The van der Waals surface area contributed by atoms with Crippen molar-refractivity contribution in [2.45, 2.75) is 13.8 Å². The zero-order valence-electron chi connectivity index (χ0n) is 9.58. The Hall–Kier alpha value is -1.32. The highest BCUT2D eigenvalue weighted by Gasteiger charge is 2.07. The molecule has 4 heteroatoms. The van der Waals surface area contributed by atoms with Crippen molar-refractivity contribution in [1.82, 2.24) is 0 Å². The van der Waals surface area contributed by atoms with Crippen LogP contribution in [0.2, 0.25) is 4.34 Å². The summed E-state index contributed by atoms with van der Waals surface area (Å²) in [4.78, 5) is 12.1. The van der Waals surface area contributed by atoms with E-state index in [2.05, 4.69) is 11.4 Å². The highest BCUT2D eigenvalue weighted by molar-refractivity contribution is 7.16. The summed E-state index contributed by atoms with van der Waals surface area (Å²) in [5.74, 6) is -0.0674. The second-order valence-corrected chi connectivity index (χ2v) is 5.66. The van der Waals surface area contributed by atoms with Gasteiger partial charge in [0.2, 0.25) is 5.91 Å². The average molecular weight is 266 g/mol. The first-order valence-electron chi connectivity index (χ1n) is 5.20. The predicted octanol–water partition coefficient (Wildman–Crippen LogP) is 4.34. The first-order valence-corrected chi connectivity index (χ1v) is 6.39.